The molecule has 6 heteroatoms. The van der Waals surface area contributed by atoms with Gasteiger partial charge in [0.2, 0.25) is 0 Å². The van der Waals surface area contributed by atoms with Gasteiger partial charge in [-0.1, -0.05) is 32.4 Å². The van der Waals surface area contributed by atoms with Crippen LogP contribution in [0, 0.1) is 16.7 Å². The van der Waals surface area contributed by atoms with E-state index in [-0.39, 0.29) is 5.41 Å². The number of halogens is 1. The van der Waals surface area contributed by atoms with Gasteiger partial charge in [-0.2, -0.15) is 19.6 Å². The number of nitrogens with zero attached hydrogens (tertiary/aromatic N) is 4. The normalized spacial score (nSPS) is 33.7. The van der Waals surface area contributed by atoms with Crippen LogP contribution in [0.15, 0.2) is 12.4 Å². The second kappa shape index (κ2) is 4.09. The van der Waals surface area contributed by atoms with E-state index in [4.69, 9.17) is 11.6 Å². The van der Waals surface area contributed by atoms with Gasteiger partial charge >= 0.3 is 0 Å². The molecule has 2 aromatic heterocycles. The Balaban J connectivity index is 1.76. The van der Waals surface area contributed by atoms with Crippen LogP contribution in [0.4, 0.5) is 5.82 Å². The van der Waals surface area contributed by atoms with E-state index < -0.39 is 0 Å². The summed E-state index contributed by atoms with van der Waals surface area (Å²) in [6, 6.07) is 2.25. The summed E-state index contributed by atoms with van der Waals surface area (Å²) in [5.41, 5.74) is 0.618. The number of hydrogen-bond acceptors (Lipinski definition) is 4. The van der Waals surface area contributed by atoms with E-state index in [0.717, 1.165) is 11.7 Å². The Bertz CT molecular complexity index is 704. The Morgan fingerprint density at radius 2 is 2.19 bits per heavy atom. The minimum Gasteiger partial charge on any atom is -0.366 e. The largest absolute Gasteiger partial charge is 0.366 e. The molecule has 3 atom stereocenters. The van der Waals surface area contributed by atoms with Crippen molar-refractivity contribution in [2.24, 2.45) is 16.7 Å². The first kappa shape index (κ1) is 13.3. The minimum atomic E-state index is 0.273. The predicted octanol–water partition coefficient (Wildman–Crippen LogP) is 3.40. The summed E-state index contributed by atoms with van der Waals surface area (Å²) in [5.74, 6) is 2.22. The lowest BCUT2D eigenvalue weighted by atomic mass is 9.68. The van der Waals surface area contributed by atoms with Gasteiger partial charge in [0.25, 0.3) is 5.78 Å². The lowest BCUT2D eigenvalue weighted by Crippen LogP contribution is -2.46. The molecule has 2 saturated carbocycles. The number of aromatic nitrogens is 4. The highest BCUT2D eigenvalue weighted by atomic mass is 35.5. The van der Waals surface area contributed by atoms with Crippen LogP contribution in [-0.2, 0) is 0 Å². The highest BCUT2D eigenvalue weighted by Gasteiger charge is 2.59. The maximum absolute atomic E-state index is 6.12. The molecule has 2 heterocycles. The van der Waals surface area contributed by atoms with Gasteiger partial charge in [-0.05, 0) is 36.0 Å². The second-order valence-corrected chi connectivity index (χ2v) is 7.82. The zero-order valence-electron chi connectivity index (χ0n) is 12.6. The van der Waals surface area contributed by atoms with Gasteiger partial charge in [0, 0.05) is 12.1 Å². The summed E-state index contributed by atoms with van der Waals surface area (Å²) in [4.78, 5) is 8.32. The van der Waals surface area contributed by atoms with E-state index in [1.807, 2.05) is 6.07 Å². The number of hydrogen-bond donors (Lipinski definition) is 1. The molecule has 2 fully saturated rings. The summed E-state index contributed by atoms with van der Waals surface area (Å²) >= 11 is 6.12. The van der Waals surface area contributed by atoms with Gasteiger partial charge in [0.15, 0.2) is 0 Å². The number of nitrogens with one attached hydrogen (secondary N) is 1. The fraction of sp³-hybridized carbons (Fsp3) is 0.667. The molecule has 0 aliphatic heterocycles. The molecule has 2 aromatic rings. The van der Waals surface area contributed by atoms with Crippen LogP contribution in [0.5, 0.6) is 0 Å². The molecule has 21 heavy (non-hydrogen) atoms. The first-order valence-corrected chi connectivity index (χ1v) is 7.91. The minimum absolute atomic E-state index is 0.273. The third-order valence-electron chi connectivity index (χ3n) is 5.78. The standard InChI is InChI=1S/C15H20ClN5/c1-14(2)9-4-5-15(3,7-9)12(14)20-11-6-10(16)19-13-17-8-18-21(11)13/h6,8-9,12,20H,4-5,7H2,1-3H3. The lowest BCUT2D eigenvalue weighted by Gasteiger charge is -2.43. The van der Waals surface area contributed by atoms with Gasteiger partial charge < -0.3 is 5.32 Å². The summed E-state index contributed by atoms with van der Waals surface area (Å²) in [5, 5.41) is 8.41. The zero-order valence-corrected chi connectivity index (χ0v) is 13.4. The fourth-order valence-electron chi connectivity index (χ4n) is 4.70. The Labute approximate surface area is 129 Å². The predicted molar refractivity (Wildman–Crippen MR) is 82.4 cm³/mol. The second-order valence-electron chi connectivity index (χ2n) is 7.43. The van der Waals surface area contributed by atoms with Gasteiger partial charge in [-0.15, -0.1) is 0 Å². The molecule has 0 spiro atoms. The van der Waals surface area contributed by atoms with Crippen molar-refractivity contribution in [3.05, 3.63) is 17.5 Å². The third-order valence-corrected chi connectivity index (χ3v) is 5.98. The van der Waals surface area contributed by atoms with Gasteiger partial charge in [0.05, 0.1) is 0 Å². The van der Waals surface area contributed by atoms with Crippen LogP contribution in [0.1, 0.15) is 40.0 Å². The monoisotopic (exact) mass is 305 g/mol. The average molecular weight is 306 g/mol. The first-order chi connectivity index (χ1) is 9.90. The van der Waals surface area contributed by atoms with Crippen LogP contribution >= 0.6 is 11.6 Å². The molecule has 1 N–H and O–H groups in total. The molecular formula is C15H20ClN5. The summed E-state index contributed by atoms with van der Waals surface area (Å²) in [6.45, 7) is 7.16. The number of fused-ring (bicyclic) bond motifs is 3. The molecule has 5 nitrogen and oxygen atoms in total. The summed E-state index contributed by atoms with van der Waals surface area (Å²) in [7, 11) is 0. The summed E-state index contributed by atoms with van der Waals surface area (Å²) < 4.78 is 1.73. The highest BCUT2D eigenvalue weighted by molar-refractivity contribution is 6.29. The number of anilines is 1. The summed E-state index contributed by atoms with van der Waals surface area (Å²) in [6.07, 6.45) is 5.45. The van der Waals surface area contributed by atoms with E-state index in [1.165, 1.54) is 25.6 Å². The van der Waals surface area contributed by atoms with Crippen molar-refractivity contribution in [3.63, 3.8) is 0 Å². The van der Waals surface area contributed by atoms with Gasteiger partial charge in [-0.3, -0.25) is 0 Å². The SMILES string of the molecule is CC12CCC(C1)C(C)(C)C2Nc1cc(Cl)nc2ncnn12. The van der Waals surface area contributed by atoms with Crippen molar-refractivity contribution >= 4 is 23.2 Å². The maximum Gasteiger partial charge on any atom is 0.255 e. The third kappa shape index (κ3) is 1.79. The molecule has 0 radical (unpaired) electrons. The van der Waals surface area contributed by atoms with Crippen LogP contribution in [-0.4, -0.2) is 25.6 Å². The highest BCUT2D eigenvalue weighted by Crippen LogP contribution is 2.63. The molecular weight excluding hydrogens is 286 g/mol. The van der Waals surface area contributed by atoms with Crippen molar-refractivity contribution in [2.75, 3.05) is 5.32 Å². The molecule has 3 unspecified atom stereocenters. The first-order valence-electron chi connectivity index (χ1n) is 7.53. The zero-order chi connectivity index (χ0) is 14.8. The van der Waals surface area contributed by atoms with Gasteiger partial charge in [-0.25, -0.2) is 0 Å². The Hall–Kier alpha value is -1.36. The lowest BCUT2D eigenvalue weighted by molar-refractivity contribution is 0.155. The Kier molecular flexibility index (Phi) is 2.60. The molecule has 0 saturated heterocycles. The molecule has 4 rings (SSSR count). The van der Waals surface area contributed by atoms with E-state index in [1.54, 1.807) is 4.52 Å². The number of rotatable bonds is 2. The Morgan fingerprint density at radius 3 is 2.90 bits per heavy atom. The Morgan fingerprint density at radius 1 is 1.38 bits per heavy atom. The molecule has 2 aliphatic carbocycles. The van der Waals surface area contributed by atoms with Crippen molar-refractivity contribution in [1.82, 2.24) is 19.6 Å². The quantitative estimate of drug-likeness (QED) is 0.864. The molecule has 0 amide bonds. The smallest absolute Gasteiger partial charge is 0.255 e. The maximum atomic E-state index is 6.12. The van der Waals surface area contributed by atoms with E-state index in [9.17, 15) is 0 Å². The topological polar surface area (TPSA) is 55.1 Å². The van der Waals surface area contributed by atoms with E-state index in [2.05, 4.69) is 41.2 Å². The molecule has 2 bridgehead atoms. The average Bonchev–Trinajstić information content (AvgIpc) is 3.05. The van der Waals surface area contributed by atoms with Crippen molar-refractivity contribution in [2.45, 2.75) is 46.1 Å². The van der Waals surface area contributed by atoms with Crippen molar-refractivity contribution in [3.8, 4) is 0 Å². The van der Waals surface area contributed by atoms with Crippen LogP contribution in [0.2, 0.25) is 5.15 Å². The van der Waals surface area contributed by atoms with E-state index >= 15 is 0 Å². The fourth-order valence-corrected chi connectivity index (χ4v) is 4.88. The van der Waals surface area contributed by atoms with Crippen molar-refractivity contribution in [1.29, 1.82) is 0 Å². The van der Waals surface area contributed by atoms with Crippen LogP contribution < -0.4 is 5.32 Å². The van der Waals surface area contributed by atoms with Crippen LogP contribution in [0.25, 0.3) is 5.78 Å². The molecule has 0 aromatic carbocycles. The molecule has 112 valence electrons. The van der Waals surface area contributed by atoms with Gasteiger partial charge in [0.1, 0.15) is 17.3 Å². The van der Waals surface area contributed by atoms with Crippen molar-refractivity contribution < 1.29 is 0 Å². The van der Waals surface area contributed by atoms with Crippen LogP contribution in [0.3, 0.4) is 0 Å². The van der Waals surface area contributed by atoms with E-state index in [0.29, 0.717) is 22.4 Å². The molecule has 2 aliphatic rings.